The summed E-state index contributed by atoms with van der Waals surface area (Å²) in [6, 6.07) is 15.1. The molecule has 1 aromatic heterocycles. The number of para-hydroxylation sites is 1. The normalized spacial score (nSPS) is 24.7. The van der Waals surface area contributed by atoms with Crippen LogP contribution in [0.4, 0.5) is 0 Å². The van der Waals surface area contributed by atoms with Gasteiger partial charge < -0.3 is 9.64 Å². The monoisotopic (exact) mass is 367 g/mol. The van der Waals surface area contributed by atoms with Gasteiger partial charge in [0.25, 0.3) is 0 Å². The van der Waals surface area contributed by atoms with Gasteiger partial charge in [-0.15, -0.1) is 0 Å². The van der Waals surface area contributed by atoms with Gasteiger partial charge in [0.1, 0.15) is 11.8 Å². The molecule has 0 saturated carbocycles. The first-order chi connectivity index (χ1) is 12.7. The first-order valence-electron chi connectivity index (χ1n) is 9.34. The Kier molecular flexibility index (Phi) is 4.90. The topological polar surface area (TPSA) is 37.7 Å². The summed E-state index contributed by atoms with van der Waals surface area (Å²) in [6.07, 6.45) is 3.11. The minimum Gasteiger partial charge on any atom is -0.491 e. The van der Waals surface area contributed by atoms with Crippen molar-refractivity contribution in [2.45, 2.75) is 51.4 Å². The minimum atomic E-state index is 0.00459. The maximum atomic E-state index is 6.15. The molecule has 26 heavy (non-hydrogen) atoms. The summed E-state index contributed by atoms with van der Waals surface area (Å²) in [5.41, 5.74) is 2.23. The minimum absolute atomic E-state index is 0.00459. The van der Waals surface area contributed by atoms with Crippen LogP contribution in [0.3, 0.4) is 0 Å². The number of ether oxygens (including phenoxy) is 1. The molecular formula is C21H25N3OS. The number of aromatic nitrogens is 1. The number of benzene rings is 1. The molecule has 136 valence electrons. The molecule has 4 nitrogen and oxygen atoms in total. The average Bonchev–Trinajstić information content (AvgIpc) is 3.21. The standard InChI is InChI=1S/C21H25N3OS/c1-4-15-13-26-21-23-19(17-10-7-8-12-22-17)20(24(15)21)16-9-5-6-11-18(16)25-14(2)3/h5-12,14-15,19-20H,4,13H2,1-3H3/t15-,19-,20+/m0/s1. The highest BCUT2D eigenvalue weighted by molar-refractivity contribution is 8.14. The van der Waals surface area contributed by atoms with Gasteiger partial charge in [0, 0.05) is 23.6 Å². The van der Waals surface area contributed by atoms with Gasteiger partial charge in [-0.2, -0.15) is 0 Å². The van der Waals surface area contributed by atoms with Gasteiger partial charge in [0.05, 0.1) is 17.8 Å². The predicted molar refractivity (Wildman–Crippen MR) is 108 cm³/mol. The van der Waals surface area contributed by atoms with Crippen LogP contribution in [-0.4, -0.2) is 33.0 Å². The van der Waals surface area contributed by atoms with Crippen LogP contribution in [0.2, 0.25) is 0 Å². The van der Waals surface area contributed by atoms with Crippen molar-refractivity contribution >= 4 is 16.9 Å². The maximum absolute atomic E-state index is 6.15. The number of hydrogen-bond donors (Lipinski definition) is 0. The van der Waals surface area contributed by atoms with Gasteiger partial charge in [-0.25, -0.2) is 0 Å². The molecule has 0 amide bonds. The molecule has 3 heterocycles. The van der Waals surface area contributed by atoms with E-state index in [4.69, 9.17) is 9.73 Å². The van der Waals surface area contributed by atoms with E-state index in [-0.39, 0.29) is 18.2 Å². The number of amidine groups is 1. The lowest BCUT2D eigenvalue weighted by molar-refractivity contribution is 0.218. The number of pyridine rings is 1. The van der Waals surface area contributed by atoms with Gasteiger partial charge in [0.15, 0.2) is 5.17 Å². The molecule has 5 heteroatoms. The molecule has 2 aromatic rings. The molecule has 1 fully saturated rings. The molecule has 0 aliphatic carbocycles. The van der Waals surface area contributed by atoms with Crippen molar-refractivity contribution in [2.24, 2.45) is 4.99 Å². The van der Waals surface area contributed by atoms with Crippen molar-refractivity contribution in [1.29, 1.82) is 0 Å². The van der Waals surface area contributed by atoms with Crippen LogP contribution < -0.4 is 4.74 Å². The Labute approximate surface area is 159 Å². The van der Waals surface area contributed by atoms with Crippen LogP contribution in [-0.2, 0) is 0 Å². The van der Waals surface area contributed by atoms with E-state index < -0.39 is 0 Å². The fourth-order valence-electron chi connectivity index (χ4n) is 3.77. The van der Waals surface area contributed by atoms with E-state index in [9.17, 15) is 0 Å². The van der Waals surface area contributed by atoms with Gasteiger partial charge in [-0.3, -0.25) is 9.98 Å². The smallest absolute Gasteiger partial charge is 0.160 e. The lowest BCUT2D eigenvalue weighted by Crippen LogP contribution is -2.35. The van der Waals surface area contributed by atoms with Crippen LogP contribution in [0.5, 0.6) is 5.75 Å². The fraction of sp³-hybridized carbons (Fsp3) is 0.429. The zero-order valence-corrected chi connectivity index (χ0v) is 16.3. The lowest BCUT2D eigenvalue weighted by atomic mass is 9.94. The maximum Gasteiger partial charge on any atom is 0.160 e. The lowest BCUT2D eigenvalue weighted by Gasteiger charge is -2.33. The molecule has 0 unspecified atom stereocenters. The largest absolute Gasteiger partial charge is 0.491 e. The number of hydrogen-bond acceptors (Lipinski definition) is 5. The summed E-state index contributed by atoms with van der Waals surface area (Å²) >= 11 is 1.87. The quantitative estimate of drug-likeness (QED) is 0.757. The van der Waals surface area contributed by atoms with Crippen LogP contribution >= 0.6 is 11.8 Å². The van der Waals surface area contributed by atoms with Crippen LogP contribution in [0.1, 0.15) is 50.5 Å². The predicted octanol–water partition coefficient (Wildman–Crippen LogP) is 4.85. The summed E-state index contributed by atoms with van der Waals surface area (Å²) in [4.78, 5) is 12.2. The first kappa shape index (κ1) is 17.4. The number of fused-ring (bicyclic) bond motifs is 1. The van der Waals surface area contributed by atoms with Crippen LogP contribution in [0, 0.1) is 0 Å². The second-order valence-corrected chi connectivity index (χ2v) is 8.03. The number of nitrogens with zero attached hydrogens (tertiary/aromatic N) is 3. The van der Waals surface area contributed by atoms with Crippen molar-refractivity contribution in [3.8, 4) is 5.75 Å². The van der Waals surface area contributed by atoms with E-state index in [2.05, 4.69) is 54.9 Å². The Morgan fingerprint density at radius 2 is 2.00 bits per heavy atom. The van der Waals surface area contributed by atoms with Crippen molar-refractivity contribution in [2.75, 3.05) is 5.75 Å². The Hall–Kier alpha value is -2.01. The second kappa shape index (κ2) is 7.31. The Balaban J connectivity index is 1.80. The highest BCUT2D eigenvalue weighted by Gasteiger charge is 2.46. The summed E-state index contributed by atoms with van der Waals surface area (Å²) in [7, 11) is 0. The summed E-state index contributed by atoms with van der Waals surface area (Å²) in [5, 5.41) is 1.15. The van der Waals surface area contributed by atoms with Crippen molar-refractivity contribution in [3.63, 3.8) is 0 Å². The van der Waals surface area contributed by atoms with Gasteiger partial charge >= 0.3 is 0 Å². The third kappa shape index (κ3) is 3.09. The molecule has 0 bridgehead atoms. The van der Waals surface area contributed by atoms with Crippen LogP contribution in [0.25, 0.3) is 0 Å². The summed E-state index contributed by atoms with van der Waals surface area (Å²) in [5.74, 6) is 2.06. The van der Waals surface area contributed by atoms with Crippen molar-refractivity contribution in [3.05, 3.63) is 59.9 Å². The molecule has 3 atom stereocenters. The van der Waals surface area contributed by atoms with Gasteiger partial charge in [0.2, 0.25) is 0 Å². The third-order valence-corrected chi connectivity index (χ3v) is 6.06. The second-order valence-electron chi connectivity index (χ2n) is 7.04. The van der Waals surface area contributed by atoms with E-state index in [1.807, 2.05) is 36.2 Å². The average molecular weight is 368 g/mol. The van der Waals surface area contributed by atoms with E-state index in [1.54, 1.807) is 0 Å². The zero-order chi connectivity index (χ0) is 18.1. The SMILES string of the molecule is CC[C@H]1CSC2=N[C@@H](c3ccccn3)[C@@H](c3ccccc3OC(C)C)N21. The molecule has 4 rings (SSSR count). The molecule has 2 aliphatic rings. The van der Waals surface area contributed by atoms with E-state index in [0.29, 0.717) is 6.04 Å². The molecule has 1 saturated heterocycles. The molecule has 1 aromatic carbocycles. The van der Waals surface area contributed by atoms with Gasteiger partial charge in [-0.1, -0.05) is 43.0 Å². The fourth-order valence-corrected chi connectivity index (χ4v) is 5.11. The van der Waals surface area contributed by atoms with E-state index in [0.717, 1.165) is 28.8 Å². The molecule has 2 aliphatic heterocycles. The van der Waals surface area contributed by atoms with Crippen molar-refractivity contribution < 1.29 is 4.74 Å². The van der Waals surface area contributed by atoms with E-state index >= 15 is 0 Å². The van der Waals surface area contributed by atoms with Crippen LogP contribution in [0.15, 0.2) is 53.7 Å². The Morgan fingerprint density at radius 3 is 2.73 bits per heavy atom. The number of aliphatic imine (C=N–C) groups is 1. The first-order valence-corrected chi connectivity index (χ1v) is 10.3. The molecule has 0 spiro atoms. The highest BCUT2D eigenvalue weighted by Crippen LogP contribution is 2.50. The Bertz CT molecular complexity index is 793. The summed E-state index contributed by atoms with van der Waals surface area (Å²) < 4.78 is 6.15. The molecule has 0 N–H and O–H groups in total. The molecular weight excluding hydrogens is 342 g/mol. The van der Waals surface area contributed by atoms with Gasteiger partial charge in [-0.05, 0) is 38.5 Å². The Morgan fingerprint density at radius 1 is 1.19 bits per heavy atom. The van der Waals surface area contributed by atoms with Crippen molar-refractivity contribution in [1.82, 2.24) is 9.88 Å². The highest BCUT2D eigenvalue weighted by atomic mass is 32.2. The molecule has 0 radical (unpaired) electrons. The van der Waals surface area contributed by atoms with E-state index in [1.165, 1.54) is 5.56 Å². The zero-order valence-electron chi connectivity index (χ0n) is 15.5. The third-order valence-electron chi connectivity index (χ3n) is 4.93. The number of thioether (sulfide) groups is 1. The number of rotatable bonds is 5. The summed E-state index contributed by atoms with van der Waals surface area (Å²) in [6.45, 7) is 6.41.